The van der Waals surface area contributed by atoms with Gasteiger partial charge in [0, 0.05) is 16.7 Å². The second kappa shape index (κ2) is 3.26. The molecule has 0 atom stereocenters. The van der Waals surface area contributed by atoms with Crippen LogP contribution in [0.15, 0.2) is 26.2 Å². The lowest BCUT2D eigenvalue weighted by Gasteiger charge is -1.98. The molecule has 80 valence electrons. The van der Waals surface area contributed by atoms with Crippen LogP contribution in [-0.4, -0.2) is 13.4 Å². The van der Waals surface area contributed by atoms with Crippen LogP contribution < -0.4 is 5.76 Å². The molecule has 0 saturated heterocycles. The maximum Gasteiger partial charge on any atom is 0.417 e. The standard InChI is InChI=1S/C7H3Cl2NO4S/c8-3-1-4-5(14-7(11)10-4)2-6(3)15(9,12)13/h1-2H,(H,10,11). The zero-order chi connectivity index (χ0) is 11.2. The second-order valence-electron chi connectivity index (χ2n) is 2.73. The van der Waals surface area contributed by atoms with Crippen molar-refractivity contribution in [1.29, 1.82) is 0 Å². The molecule has 1 N–H and O–H groups in total. The van der Waals surface area contributed by atoms with Gasteiger partial charge < -0.3 is 4.42 Å². The predicted octanol–water partition coefficient (Wildman–Crippen LogP) is 1.70. The van der Waals surface area contributed by atoms with E-state index in [2.05, 4.69) is 9.40 Å². The van der Waals surface area contributed by atoms with Crippen LogP contribution >= 0.6 is 22.3 Å². The minimum absolute atomic E-state index is 0.0745. The molecule has 0 spiro atoms. The summed E-state index contributed by atoms with van der Waals surface area (Å²) in [4.78, 5) is 12.9. The minimum atomic E-state index is -3.95. The Morgan fingerprint density at radius 1 is 1.33 bits per heavy atom. The number of halogens is 2. The van der Waals surface area contributed by atoms with Crippen LogP contribution in [0.4, 0.5) is 0 Å². The molecule has 0 aliphatic heterocycles. The molecule has 0 amide bonds. The number of aromatic amines is 1. The van der Waals surface area contributed by atoms with Crippen molar-refractivity contribution in [2.24, 2.45) is 0 Å². The molecule has 2 rings (SSSR count). The molecule has 0 aliphatic rings. The van der Waals surface area contributed by atoms with E-state index in [1.807, 2.05) is 0 Å². The fraction of sp³-hybridized carbons (Fsp3) is 0. The summed E-state index contributed by atoms with van der Waals surface area (Å²) in [7, 11) is 1.18. The molecule has 0 aliphatic carbocycles. The van der Waals surface area contributed by atoms with Crippen LogP contribution in [-0.2, 0) is 9.05 Å². The van der Waals surface area contributed by atoms with Gasteiger partial charge in [-0.05, 0) is 6.07 Å². The van der Waals surface area contributed by atoms with Crippen molar-refractivity contribution in [3.05, 3.63) is 27.7 Å². The molecule has 0 radical (unpaired) electrons. The zero-order valence-electron chi connectivity index (χ0n) is 6.95. The largest absolute Gasteiger partial charge is 0.417 e. The van der Waals surface area contributed by atoms with E-state index in [1.54, 1.807) is 0 Å². The summed E-state index contributed by atoms with van der Waals surface area (Å²) in [6.45, 7) is 0. The van der Waals surface area contributed by atoms with Crippen LogP contribution in [0.5, 0.6) is 0 Å². The summed E-state index contributed by atoms with van der Waals surface area (Å²) in [5.74, 6) is -0.690. The van der Waals surface area contributed by atoms with Crippen LogP contribution in [0.2, 0.25) is 5.02 Å². The Morgan fingerprint density at radius 2 is 2.00 bits per heavy atom. The van der Waals surface area contributed by atoms with E-state index < -0.39 is 14.8 Å². The quantitative estimate of drug-likeness (QED) is 0.798. The van der Waals surface area contributed by atoms with E-state index >= 15 is 0 Å². The average Bonchev–Trinajstić information content (AvgIpc) is 2.40. The third-order valence-electron chi connectivity index (χ3n) is 1.74. The molecule has 1 aromatic carbocycles. The lowest BCUT2D eigenvalue weighted by molar-refractivity contribution is 0.554. The van der Waals surface area contributed by atoms with Crippen LogP contribution in [0.25, 0.3) is 11.1 Å². The highest BCUT2D eigenvalue weighted by Gasteiger charge is 2.17. The first-order valence-corrected chi connectivity index (χ1v) is 6.34. The maximum absolute atomic E-state index is 11.1. The van der Waals surface area contributed by atoms with Gasteiger partial charge in [0.05, 0.1) is 10.5 Å². The average molecular weight is 268 g/mol. The van der Waals surface area contributed by atoms with Crippen LogP contribution in [0, 0.1) is 0 Å². The molecule has 0 unspecified atom stereocenters. The van der Waals surface area contributed by atoms with Gasteiger partial charge in [-0.2, -0.15) is 0 Å². The number of fused-ring (bicyclic) bond motifs is 1. The van der Waals surface area contributed by atoms with Gasteiger partial charge in [-0.1, -0.05) is 11.6 Å². The summed E-state index contributed by atoms with van der Waals surface area (Å²) in [6.07, 6.45) is 0. The number of nitrogens with one attached hydrogen (secondary N) is 1. The Bertz CT molecular complexity index is 685. The third kappa shape index (κ3) is 1.88. The molecule has 5 nitrogen and oxygen atoms in total. The van der Waals surface area contributed by atoms with E-state index in [1.165, 1.54) is 6.07 Å². The molecule has 8 heteroatoms. The Morgan fingerprint density at radius 3 is 2.60 bits per heavy atom. The van der Waals surface area contributed by atoms with Gasteiger partial charge in [-0.25, -0.2) is 13.2 Å². The van der Waals surface area contributed by atoms with Crippen molar-refractivity contribution < 1.29 is 12.8 Å². The van der Waals surface area contributed by atoms with Crippen molar-refractivity contribution in [2.45, 2.75) is 4.90 Å². The summed E-state index contributed by atoms with van der Waals surface area (Å²) >= 11 is 5.67. The van der Waals surface area contributed by atoms with E-state index in [0.29, 0.717) is 5.52 Å². The SMILES string of the molecule is O=c1[nH]c2cc(Cl)c(S(=O)(=O)Cl)cc2o1. The van der Waals surface area contributed by atoms with Crippen LogP contribution in [0.3, 0.4) is 0 Å². The molecule has 0 bridgehead atoms. The second-order valence-corrected chi connectivity index (χ2v) is 5.67. The highest BCUT2D eigenvalue weighted by molar-refractivity contribution is 8.13. The van der Waals surface area contributed by atoms with Crippen molar-refractivity contribution in [3.8, 4) is 0 Å². The number of oxazole rings is 1. The normalized spacial score (nSPS) is 12.1. The maximum atomic E-state index is 11.1. The van der Waals surface area contributed by atoms with Gasteiger partial charge in [0.2, 0.25) is 0 Å². The summed E-state index contributed by atoms with van der Waals surface area (Å²) in [5, 5.41) is -0.0745. The summed E-state index contributed by atoms with van der Waals surface area (Å²) in [5.41, 5.74) is 0.401. The predicted molar refractivity (Wildman–Crippen MR) is 54.9 cm³/mol. The summed E-state index contributed by atoms with van der Waals surface area (Å²) in [6, 6.07) is 2.36. The van der Waals surface area contributed by atoms with Crippen LogP contribution in [0.1, 0.15) is 0 Å². The van der Waals surface area contributed by atoms with E-state index in [9.17, 15) is 13.2 Å². The first kappa shape index (κ1) is 10.5. The number of benzene rings is 1. The molecule has 1 aromatic heterocycles. The van der Waals surface area contributed by atoms with Gasteiger partial charge >= 0.3 is 5.76 Å². The highest BCUT2D eigenvalue weighted by Crippen LogP contribution is 2.28. The van der Waals surface area contributed by atoms with Crippen molar-refractivity contribution in [3.63, 3.8) is 0 Å². The number of H-pyrrole nitrogens is 1. The molecule has 1 heterocycles. The molecule has 2 aromatic rings. The van der Waals surface area contributed by atoms with Gasteiger partial charge in [0.25, 0.3) is 9.05 Å². The Kier molecular flexibility index (Phi) is 2.29. The molecule has 0 fully saturated rings. The fourth-order valence-electron chi connectivity index (χ4n) is 1.14. The first-order valence-electron chi connectivity index (χ1n) is 3.65. The number of hydrogen-bond donors (Lipinski definition) is 1. The lowest BCUT2D eigenvalue weighted by atomic mass is 10.3. The highest BCUT2D eigenvalue weighted by atomic mass is 35.7. The van der Waals surface area contributed by atoms with E-state index in [0.717, 1.165) is 6.07 Å². The zero-order valence-corrected chi connectivity index (χ0v) is 9.28. The smallest absolute Gasteiger partial charge is 0.408 e. The Hall–Kier alpha value is -0.980. The van der Waals surface area contributed by atoms with E-state index in [-0.39, 0.29) is 15.5 Å². The van der Waals surface area contributed by atoms with Crippen molar-refractivity contribution in [2.75, 3.05) is 0 Å². The van der Waals surface area contributed by atoms with Crippen molar-refractivity contribution >= 4 is 42.4 Å². The number of aromatic nitrogens is 1. The molecular formula is C7H3Cl2NO4S. The topological polar surface area (TPSA) is 80.1 Å². The van der Waals surface area contributed by atoms with Gasteiger partial charge in [0.1, 0.15) is 4.90 Å². The number of hydrogen-bond acceptors (Lipinski definition) is 4. The van der Waals surface area contributed by atoms with Gasteiger partial charge in [-0.15, -0.1) is 0 Å². The monoisotopic (exact) mass is 267 g/mol. The first-order chi connectivity index (χ1) is 6.88. The minimum Gasteiger partial charge on any atom is -0.408 e. The molecule has 0 saturated carbocycles. The Labute approximate surface area is 93.0 Å². The van der Waals surface area contributed by atoms with E-state index in [4.69, 9.17) is 22.3 Å². The Balaban J connectivity index is 2.89. The van der Waals surface area contributed by atoms with Crippen molar-refractivity contribution in [1.82, 2.24) is 4.98 Å². The molecular weight excluding hydrogens is 265 g/mol. The fourth-order valence-corrected chi connectivity index (χ4v) is 2.65. The third-order valence-corrected chi connectivity index (χ3v) is 3.52. The summed E-state index contributed by atoms with van der Waals surface area (Å²) < 4.78 is 26.8. The van der Waals surface area contributed by atoms with Gasteiger partial charge in [0.15, 0.2) is 5.58 Å². The molecule has 15 heavy (non-hydrogen) atoms. The number of rotatable bonds is 1. The lowest BCUT2D eigenvalue weighted by Crippen LogP contribution is -1.93. The van der Waals surface area contributed by atoms with Gasteiger partial charge in [-0.3, -0.25) is 4.98 Å².